The highest BCUT2D eigenvalue weighted by molar-refractivity contribution is 5.97. The van der Waals surface area contributed by atoms with Crippen LogP contribution in [-0.2, 0) is 0 Å². The standard InChI is InChI=1S/C20H19N7O2/c1-29-18-5-4-17-23-24-19(27(17)25-18)13-6-10-26(11-7-13)20(28)14-2-3-15-16(12-14)22-9-8-21-15/h2-5,8-9,12-13H,6-7,10-11H2,1H3. The van der Waals surface area contributed by atoms with Gasteiger partial charge in [-0.2, -0.15) is 4.52 Å². The monoisotopic (exact) mass is 389 g/mol. The first-order chi connectivity index (χ1) is 14.2. The van der Waals surface area contributed by atoms with Gasteiger partial charge < -0.3 is 9.64 Å². The van der Waals surface area contributed by atoms with Crippen molar-refractivity contribution < 1.29 is 9.53 Å². The molecule has 1 fully saturated rings. The number of carbonyl (C=O) groups excluding carboxylic acids is 1. The third-order valence-electron chi connectivity index (χ3n) is 5.34. The maximum Gasteiger partial charge on any atom is 0.253 e. The summed E-state index contributed by atoms with van der Waals surface area (Å²) in [6, 6.07) is 9.06. The van der Waals surface area contributed by atoms with Gasteiger partial charge in [0, 0.05) is 43.0 Å². The Labute approximate surface area is 166 Å². The number of aromatic nitrogens is 6. The second kappa shape index (κ2) is 7.08. The molecule has 1 amide bonds. The number of methoxy groups -OCH3 is 1. The quantitative estimate of drug-likeness (QED) is 0.529. The van der Waals surface area contributed by atoms with Crippen LogP contribution in [0.1, 0.15) is 34.9 Å². The summed E-state index contributed by atoms with van der Waals surface area (Å²) in [5.41, 5.74) is 2.83. The van der Waals surface area contributed by atoms with E-state index in [4.69, 9.17) is 4.74 Å². The molecule has 146 valence electrons. The number of ether oxygens (including phenoxy) is 1. The zero-order valence-corrected chi connectivity index (χ0v) is 15.9. The topological polar surface area (TPSA) is 98.4 Å². The molecule has 0 spiro atoms. The van der Waals surface area contributed by atoms with Crippen molar-refractivity contribution in [2.45, 2.75) is 18.8 Å². The molecule has 1 aliphatic heterocycles. The molecule has 4 heterocycles. The minimum Gasteiger partial charge on any atom is -0.480 e. The lowest BCUT2D eigenvalue weighted by Crippen LogP contribution is -2.38. The number of likely N-dealkylation sites (tertiary alicyclic amines) is 1. The number of hydrogen-bond acceptors (Lipinski definition) is 7. The van der Waals surface area contributed by atoms with E-state index in [-0.39, 0.29) is 11.8 Å². The molecule has 1 aromatic carbocycles. The molecular weight excluding hydrogens is 370 g/mol. The van der Waals surface area contributed by atoms with Gasteiger partial charge in [0.05, 0.1) is 18.1 Å². The Kier molecular flexibility index (Phi) is 4.27. The van der Waals surface area contributed by atoms with E-state index in [0.717, 1.165) is 29.7 Å². The molecule has 0 radical (unpaired) electrons. The van der Waals surface area contributed by atoms with E-state index < -0.39 is 0 Å². The van der Waals surface area contributed by atoms with Gasteiger partial charge in [0.1, 0.15) is 0 Å². The fraction of sp³-hybridized carbons (Fsp3) is 0.300. The van der Waals surface area contributed by atoms with Crippen molar-refractivity contribution in [1.82, 2.24) is 34.7 Å². The molecule has 1 aliphatic rings. The number of nitrogens with zero attached hydrogens (tertiary/aromatic N) is 7. The van der Waals surface area contributed by atoms with Crippen LogP contribution < -0.4 is 4.74 Å². The smallest absolute Gasteiger partial charge is 0.253 e. The van der Waals surface area contributed by atoms with Crippen LogP contribution >= 0.6 is 0 Å². The largest absolute Gasteiger partial charge is 0.480 e. The van der Waals surface area contributed by atoms with Crippen LogP contribution in [0.5, 0.6) is 5.88 Å². The number of benzene rings is 1. The van der Waals surface area contributed by atoms with Crippen LogP contribution in [0.15, 0.2) is 42.7 Å². The average Bonchev–Trinajstić information content (AvgIpc) is 3.21. The number of amides is 1. The molecule has 0 saturated carbocycles. The predicted octanol–water partition coefficient (Wildman–Crippen LogP) is 2.10. The lowest BCUT2D eigenvalue weighted by Gasteiger charge is -2.31. The van der Waals surface area contributed by atoms with E-state index in [2.05, 4.69) is 25.3 Å². The van der Waals surface area contributed by atoms with Gasteiger partial charge >= 0.3 is 0 Å². The Morgan fingerprint density at radius 3 is 2.62 bits per heavy atom. The van der Waals surface area contributed by atoms with Gasteiger partial charge in [-0.05, 0) is 37.1 Å². The summed E-state index contributed by atoms with van der Waals surface area (Å²) in [6.45, 7) is 1.31. The number of carbonyl (C=O) groups is 1. The second-order valence-electron chi connectivity index (χ2n) is 7.03. The van der Waals surface area contributed by atoms with Gasteiger partial charge in [0.15, 0.2) is 11.5 Å². The average molecular weight is 389 g/mol. The SMILES string of the molecule is COc1ccc2nnc(C3CCN(C(=O)c4ccc5nccnc5c4)CC3)n2n1. The van der Waals surface area contributed by atoms with Gasteiger partial charge in [-0.3, -0.25) is 14.8 Å². The first-order valence-corrected chi connectivity index (χ1v) is 9.49. The Morgan fingerprint density at radius 2 is 1.83 bits per heavy atom. The van der Waals surface area contributed by atoms with Crippen molar-refractivity contribution in [2.24, 2.45) is 0 Å². The normalized spacial score (nSPS) is 15.1. The molecule has 0 atom stereocenters. The Morgan fingerprint density at radius 1 is 1.03 bits per heavy atom. The molecule has 0 aliphatic carbocycles. The maximum atomic E-state index is 12.9. The van der Waals surface area contributed by atoms with E-state index in [1.165, 1.54) is 0 Å². The third kappa shape index (κ3) is 3.14. The highest BCUT2D eigenvalue weighted by atomic mass is 16.5. The number of piperidine rings is 1. The summed E-state index contributed by atoms with van der Waals surface area (Å²) in [5.74, 6) is 1.54. The van der Waals surface area contributed by atoms with Crippen LogP contribution in [0.3, 0.4) is 0 Å². The fourth-order valence-corrected chi connectivity index (χ4v) is 3.77. The minimum absolute atomic E-state index is 0.0156. The summed E-state index contributed by atoms with van der Waals surface area (Å²) in [6.07, 6.45) is 4.89. The predicted molar refractivity (Wildman–Crippen MR) is 105 cm³/mol. The Hall–Kier alpha value is -3.62. The van der Waals surface area contributed by atoms with Crippen molar-refractivity contribution in [2.75, 3.05) is 20.2 Å². The van der Waals surface area contributed by atoms with Gasteiger partial charge in [-0.1, -0.05) is 0 Å². The zero-order valence-electron chi connectivity index (χ0n) is 15.9. The first-order valence-electron chi connectivity index (χ1n) is 9.49. The summed E-state index contributed by atoms with van der Waals surface area (Å²) < 4.78 is 6.95. The highest BCUT2D eigenvalue weighted by Crippen LogP contribution is 2.28. The molecular formula is C20H19N7O2. The molecule has 9 heteroatoms. The van der Waals surface area contributed by atoms with E-state index in [1.807, 2.05) is 23.1 Å². The van der Waals surface area contributed by atoms with Crippen molar-refractivity contribution in [3.63, 3.8) is 0 Å². The molecule has 3 aromatic heterocycles. The van der Waals surface area contributed by atoms with Gasteiger partial charge in [0.2, 0.25) is 5.88 Å². The van der Waals surface area contributed by atoms with Crippen molar-refractivity contribution in [3.05, 3.63) is 54.1 Å². The fourth-order valence-electron chi connectivity index (χ4n) is 3.77. The maximum absolute atomic E-state index is 12.9. The van der Waals surface area contributed by atoms with E-state index in [1.54, 1.807) is 36.2 Å². The van der Waals surface area contributed by atoms with E-state index in [0.29, 0.717) is 30.2 Å². The third-order valence-corrected chi connectivity index (χ3v) is 5.34. The summed E-state index contributed by atoms with van der Waals surface area (Å²) in [7, 11) is 1.58. The van der Waals surface area contributed by atoms with E-state index >= 15 is 0 Å². The molecule has 9 nitrogen and oxygen atoms in total. The summed E-state index contributed by atoms with van der Waals surface area (Å²) in [5, 5.41) is 13.0. The lowest BCUT2D eigenvalue weighted by atomic mass is 9.95. The molecule has 29 heavy (non-hydrogen) atoms. The summed E-state index contributed by atoms with van der Waals surface area (Å²) >= 11 is 0. The second-order valence-corrected chi connectivity index (χ2v) is 7.03. The van der Waals surface area contributed by atoms with Gasteiger partial charge in [-0.15, -0.1) is 15.3 Å². The van der Waals surface area contributed by atoms with Crippen LogP contribution in [-0.4, -0.2) is 60.8 Å². The van der Waals surface area contributed by atoms with E-state index in [9.17, 15) is 4.79 Å². The summed E-state index contributed by atoms with van der Waals surface area (Å²) in [4.78, 5) is 23.4. The molecule has 0 unspecified atom stereocenters. The minimum atomic E-state index is 0.0156. The van der Waals surface area contributed by atoms with Crippen molar-refractivity contribution >= 4 is 22.6 Å². The van der Waals surface area contributed by atoms with Crippen molar-refractivity contribution in [1.29, 1.82) is 0 Å². The molecule has 1 saturated heterocycles. The van der Waals surface area contributed by atoms with Crippen molar-refractivity contribution in [3.8, 4) is 5.88 Å². The van der Waals surface area contributed by atoms with Crippen LogP contribution in [0.2, 0.25) is 0 Å². The molecule has 4 aromatic rings. The zero-order chi connectivity index (χ0) is 19.8. The van der Waals surface area contributed by atoms with Gasteiger partial charge in [-0.25, -0.2) is 0 Å². The van der Waals surface area contributed by atoms with Gasteiger partial charge in [0.25, 0.3) is 5.91 Å². The first kappa shape index (κ1) is 17.5. The number of hydrogen-bond donors (Lipinski definition) is 0. The molecule has 0 bridgehead atoms. The van der Waals surface area contributed by atoms with Crippen LogP contribution in [0.4, 0.5) is 0 Å². The Bertz CT molecular complexity index is 1200. The number of rotatable bonds is 3. The lowest BCUT2D eigenvalue weighted by molar-refractivity contribution is 0.0711. The Balaban J connectivity index is 1.32. The van der Waals surface area contributed by atoms with Crippen LogP contribution in [0, 0.1) is 0 Å². The highest BCUT2D eigenvalue weighted by Gasteiger charge is 2.28. The van der Waals surface area contributed by atoms with Crippen LogP contribution in [0.25, 0.3) is 16.7 Å². The molecule has 5 rings (SSSR count). The number of fused-ring (bicyclic) bond motifs is 2. The molecule has 0 N–H and O–H groups in total.